The van der Waals surface area contributed by atoms with Gasteiger partial charge < -0.3 is 4.57 Å². The van der Waals surface area contributed by atoms with E-state index < -0.39 is 0 Å². The number of fused-ring (bicyclic) bond motifs is 5. The van der Waals surface area contributed by atoms with Crippen molar-refractivity contribution in [3.05, 3.63) is 89.4 Å². The zero-order valence-corrected chi connectivity index (χ0v) is 14.5. The predicted octanol–water partition coefficient (Wildman–Crippen LogP) is 6.70. The summed E-state index contributed by atoms with van der Waals surface area (Å²) in [6.07, 6.45) is 0. The van der Waals surface area contributed by atoms with Crippen LogP contribution in [0.3, 0.4) is 0 Å². The highest BCUT2D eigenvalue weighted by Gasteiger charge is 2.16. The number of benzene rings is 4. The molecule has 0 radical (unpaired) electrons. The molecular weight excluding hydrogens is 358 g/mol. The Morgan fingerprint density at radius 1 is 0.667 bits per heavy atom. The van der Waals surface area contributed by atoms with Crippen LogP contribution in [0.1, 0.15) is 0 Å². The number of nitrogens with zero attached hydrogens (tertiary/aromatic N) is 1. The fraction of sp³-hybridized carbons (Fsp3) is 0. The molecule has 2 heteroatoms. The summed E-state index contributed by atoms with van der Waals surface area (Å²) in [4.78, 5) is 0. The highest BCUT2D eigenvalue weighted by Crippen LogP contribution is 2.40. The minimum atomic E-state index is 1.14. The van der Waals surface area contributed by atoms with Gasteiger partial charge in [0.25, 0.3) is 0 Å². The Morgan fingerprint density at radius 2 is 1.33 bits per heavy atom. The van der Waals surface area contributed by atoms with E-state index in [1.807, 2.05) is 0 Å². The first-order valence-corrected chi connectivity index (χ1v) is 8.80. The van der Waals surface area contributed by atoms with E-state index in [9.17, 15) is 0 Å². The Balaban J connectivity index is 2.13. The van der Waals surface area contributed by atoms with Gasteiger partial charge in [0.05, 0.1) is 11.0 Å². The number of aromatic nitrogens is 1. The molecule has 0 spiro atoms. The van der Waals surface area contributed by atoms with Gasteiger partial charge in [-0.1, -0.05) is 76.6 Å². The van der Waals surface area contributed by atoms with E-state index in [4.69, 9.17) is 0 Å². The largest absolute Gasteiger partial charge is 0.309 e. The molecule has 1 aromatic heterocycles. The van der Waals surface area contributed by atoms with Gasteiger partial charge in [0.2, 0.25) is 0 Å². The van der Waals surface area contributed by atoms with E-state index in [-0.39, 0.29) is 0 Å². The zero-order chi connectivity index (χ0) is 16.1. The van der Waals surface area contributed by atoms with Gasteiger partial charge in [0.15, 0.2) is 0 Å². The SMILES string of the molecule is Brc1cc2ccccc2c2c1c1ccccc1n2-c1ccccc1. The monoisotopic (exact) mass is 371 g/mol. The van der Waals surface area contributed by atoms with Crippen LogP contribution in [0.25, 0.3) is 38.3 Å². The van der Waals surface area contributed by atoms with Gasteiger partial charge in [-0.15, -0.1) is 0 Å². The number of para-hydroxylation sites is 2. The highest BCUT2D eigenvalue weighted by molar-refractivity contribution is 9.10. The van der Waals surface area contributed by atoms with Crippen LogP contribution in [0.5, 0.6) is 0 Å². The maximum atomic E-state index is 3.81. The maximum absolute atomic E-state index is 3.81. The van der Waals surface area contributed by atoms with Crippen LogP contribution in [0.2, 0.25) is 0 Å². The van der Waals surface area contributed by atoms with E-state index >= 15 is 0 Å². The number of hydrogen-bond donors (Lipinski definition) is 0. The molecule has 4 aromatic carbocycles. The Labute approximate surface area is 148 Å². The molecule has 0 amide bonds. The summed E-state index contributed by atoms with van der Waals surface area (Å²) >= 11 is 3.81. The lowest BCUT2D eigenvalue weighted by atomic mass is 10.1. The summed E-state index contributed by atoms with van der Waals surface area (Å²) in [5.41, 5.74) is 3.68. The lowest BCUT2D eigenvalue weighted by molar-refractivity contribution is 1.19. The first-order chi connectivity index (χ1) is 11.8. The summed E-state index contributed by atoms with van der Waals surface area (Å²) in [6.45, 7) is 0. The third-order valence-corrected chi connectivity index (χ3v) is 5.25. The lowest BCUT2D eigenvalue weighted by Gasteiger charge is -2.10. The van der Waals surface area contributed by atoms with Crippen molar-refractivity contribution in [1.82, 2.24) is 4.57 Å². The second-order valence-electron chi connectivity index (χ2n) is 5.99. The first kappa shape index (κ1) is 13.8. The number of halogens is 1. The van der Waals surface area contributed by atoms with Crippen molar-refractivity contribution in [2.45, 2.75) is 0 Å². The van der Waals surface area contributed by atoms with Crippen LogP contribution >= 0.6 is 15.9 Å². The molecule has 0 saturated heterocycles. The molecule has 0 N–H and O–H groups in total. The first-order valence-electron chi connectivity index (χ1n) is 8.00. The Bertz CT molecular complexity index is 1200. The summed E-state index contributed by atoms with van der Waals surface area (Å²) in [6, 6.07) is 30.0. The quantitative estimate of drug-likeness (QED) is 0.309. The summed E-state index contributed by atoms with van der Waals surface area (Å²) in [5, 5.41) is 5.06. The molecule has 1 heterocycles. The maximum Gasteiger partial charge on any atom is 0.0630 e. The molecule has 5 rings (SSSR count). The van der Waals surface area contributed by atoms with Crippen molar-refractivity contribution < 1.29 is 0 Å². The van der Waals surface area contributed by atoms with Crippen LogP contribution in [0.15, 0.2) is 89.4 Å². The van der Waals surface area contributed by atoms with Crippen molar-refractivity contribution in [2.24, 2.45) is 0 Å². The van der Waals surface area contributed by atoms with Crippen LogP contribution in [-0.2, 0) is 0 Å². The summed E-state index contributed by atoms with van der Waals surface area (Å²) in [7, 11) is 0. The zero-order valence-electron chi connectivity index (χ0n) is 12.9. The second kappa shape index (κ2) is 5.22. The highest BCUT2D eigenvalue weighted by atomic mass is 79.9. The smallest absolute Gasteiger partial charge is 0.0630 e. The van der Waals surface area contributed by atoms with Crippen LogP contribution < -0.4 is 0 Å². The van der Waals surface area contributed by atoms with E-state index in [1.54, 1.807) is 0 Å². The molecular formula is C22H14BrN. The Hall–Kier alpha value is -2.58. The van der Waals surface area contributed by atoms with E-state index in [2.05, 4.69) is 105 Å². The van der Waals surface area contributed by atoms with Crippen LogP contribution in [-0.4, -0.2) is 4.57 Å². The van der Waals surface area contributed by atoms with Gasteiger partial charge in [-0.05, 0) is 29.7 Å². The van der Waals surface area contributed by atoms with E-state index in [0.29, 0.717) is 0 Å². The number of hydrogen-bond acceptors (Lipinski definition) is 0. The topological polar surface area (TPSA) is 4.93 Å². The normalized spacial score (nSPS) is 11.5. The predicted molar refractivity (Wildman–Crippen MR) is 106 cm³/mol. The third kappa shape index (κ3) is 1.87. The van der Waals surface area contributed by atoms with E-state index in [1.165, 1.54) is 38.3 Å². The van der Waals surface area contributed by atoms with Crippen LogP contribution in [0, 0.1) is 0 Å². The van der Waals surface area contributed by atoms with Crippen molar-refractivity contribution in [1.29, 1.82) is 0 Å². The molecule has 24 heavy (non-hydrogen) atoms. The summed E-state index contributed by atoms with van der Waals surface area (Å²) < 4.78 is 3.51. The molecule has 0 aliphatic carbocycles. The standard InChI is InChI=1S/C22H14BrN/c23-19-14-15-8-4-5-11-17(15)22-21(19)18-12-6-7-13-20(18)24(22)16-9-2-1-3-10-16/h1-14H. The lowest BCUT2D eigenvalue weighted by Crippen LogP contribution is -1.93. The van der Waals surface area contributed by atoms with Crippen molar-refractivity contribution in [2.75, 3.05) is 0 Å². The Morgan fingerprint density at radius 3 is 2.17 bits per heavy atom. The third-order valence-electron chi connectivity index (χ3n) is 4.63. The van der Waals surface area contributed by atoms with Crippen LogP contribution in [0.4, 0.5) is 0 Å². The molecule has 0 bridgehead atoms. The fourth-order valence-corrected chi connectivity index (χ4v) is 4.28. The van der Waals surface area contributed by atoms with Crippen molar-refractivity contribution in [3.8, 4) is 5.69 Å². The molecule has 0 aliphatic heterocycles. The molecule has 0 saturated carbocycles. The summed E-state index contributed by atoms with van der Waals surface area (Å²) in [5.74, 6) is 0. The van der Waals surface area contributed by atoms with Crippen molar-refractivity contribution >= 4 is 48.5 Å². The average molecular weight is 372 g/mol. The van der Waals surface area contributed by atoms with Gasteiger partial charge in [-0.3, -0.25) is 0 Å². The molecule has 0 aliphatic rings. The van der Waals surface area contributed by atoms with Gasteiger partial charge in [0.1, 0.15) is 0 Å². The molecule has 1 nitrogen and oxygen atoms in total. The van der Waals surface area contributed by atoms with E-state index in [0.717, 1.165) is 4.47 Å². The fourth-order valence-electron chi connectivity index (χ4n) is 3.63. The molecule has 5 aromatic rings. The molecule has 0 fully saturated rings. The van der Waals surface area contributed by atoms with Gasteiger partial charge in [0, 0.05) is 26.3 Å². The minimum absolute atomic E-state index is 1.14. The molecule has 0 unspecified atom stereocenters. The van der Waals surface area contributed by atoms with Gasteiger partial charge in [-0.25, -0.2) is 0 Å². The number of rotatable bonds is 1. The average Bonchev–Trinajstić information content (AvgIpc) is 2.98. The van der Waals surface area contributed by atoms with Gasteiger partial charge >= 0.3 is 0 Å². The van der Waals surface area contributed by atoms with Gasteiger partial charge in [-0.2, -0.15) is 0 Å². The minimum Gasteiger partial charge on any atom is -0.309 e. The van der Waals surface area contributed by atoms with Crippen molar-refractivity contribution in [3.63, 3.8) is 0 Å². The molecule has 0 atom stereocenters. The Kier molecular flexibility index (Phi) is 3.00. The second-order valence-corrected chi connectivity index (χ2v) is 6.85. The molecule has 114 valence electrons.